The minimum Gasteiger partial charge on any atom is -0.309 e. The lowest BCUT2D eigenvalue weighted by atomic mass is 9.91. The van der Waals surface area contributed by atoms with Crippen LogP contribution in [0.1, 0.15) is 22.4 Å². The van der Waals surface area contributed by atoms with Crippen molar-refractivity contribution in [3.63, 3.8) is 0 Å². The van der Waals surface area contributed by atoms with Crippen LogP contribution in [0.25, 0.3) is 16.8 Å². The zero-order chi connectivity index (χ0) is 19.0. The molecule has 0 bridgehead atoms. The van der Waals surface area contributed by atoms with Crippen LogP contribution in [-0.2, 0) is 6.54 Å². The van der Waals surface area contributed by atoms with E-state index in [1.807, 2.05) is 13.0 Å². The van der Waals surface area contributed by atoms with E-state index >= 15 is 4.39 Å². The van der Waals surface area contributed by atoms with Crippen molar-refractivity contribution >= 4 is 5.57 Å². The summed E-state index contributed by atoms with van der Waals surface area (Å²) in [6, 6.07) is 10.6. The molecular formula is C21H16F3N3. The highest BCUT2D eigenvalue weighted by Crippen LogP contribution is 2.34. The predicted octanol–water partition coefficient (Wildman–Crippen LogP) is 4.40. The van der Waals surface area contributed by atoms with Gasteiger partial charge in [-0.25, -0.2) is 13.2 Å². The second-order valence-corrected chi connectivity index (χ2v) is 6.39. The van der Waals surface area contributed by atoms with Crippen molar-refractivity contribution in [3.05, 3.63) is 88.4 Å². The van der Waals surface area contributed by atoms with Crippen molar-refractivity contribution in [2.45, 2.75) is 13.5 Å². The van der Waals surface area contributed by atoms with Gasteiger partial charge in [0.2, 0.25) is 0 Å². The van der Waals surface area contributed by atoms with Crippen LogP contribution in [0.5, 0.6) is 0 Å². The summed E-state index contributed by atoms with van der Waals surface area (Å²) in [6.07, 6.45) is 1.85. The maximum Gasteiger partial charge on any atom is 0.159 e. The average molecular weight is 367 g/mol. The van der Waals surface area contributed by atoms with Crippen LogP contribution in [0.2, 0.25) is 0 Å². The van der Waals surface area contributed by atoms with Crippen LogP contribution >= 0.6 is 0 Å². The monoisotopic (exact) mass is 367 g/mol. The molecule has 1 aromatic heterocycles. The molecule has 2 aromatic carbocycles. The molecule has 1 N–H and O–H groups in total. The molecule has 0 fully saturated rings. The summed E-state index contributed by atoms with van der Waals surface area (Å²) in [5, 5.41) is 11.2. The highest BCUT2D eigenvalue weighted by molar-refractivity contribution is 5.83. The third kappa shape index (κ3) is 3.24. The van der Waals surface area contributed by atoms with E-state index in [1.165, 1.54) is 6.07 Å². The van der Waals surface area contributed by atoms with Gasteiger partial charge < -0.3 is 5.32 Å². The topological polar surface area (TPSA) is 37.8 Å². The van der Waals surface area contributed by atoms with Gasteiger partial charge in [-0.05, 0) is 54.0 Å². The summed E-state index contributed by atoms with van der Waals surface area (Å²) < 4.78 is 42.3. The molecule has 1 aliphatic rings. The van der Waals surface area contributed by atoms with Gasteiger partial charge in [-0.1, -0.05) is 18.2 Å². The summed E-state index contributed by atoms with van der Waals surface area (Å²) >= 11 is 0. The fourth-order valence-corrected chi connectivity index (χ4v) is 3.21. The number of aromatic nitrogens is 2. The molecule has 0 atom stereocenters. The van der Waals surface area contributed by atoms with E-state index in [0.29, 0.717) is 46.6 Å². The molecule has 0 amide bonds. The van der Waals surface area contributed by atoms with Crippen LogP contribution in [0.3, 0.4) is 0 Å². The fraction of sp³-hybridized carbons (Fsp3) is 0.143. The average Bonchev–Trinajstić information content (AvgIpc) is 2.88. The number of fused-ring (bicyclic) bond motifs is 1. The largest absolute Gasteiger partial charge is 0.309 e. The molecule has 27 heavy (non-hydrogen) atoms. The van der Waals surface area contributed by atoms with E-state index in [2.05, 4.69) is 15.5 Å². The molecule has 6 heteroatoms. The highest BCUT2D eigenvalue weighted by atomic mass is 19.2. The smallest absolute Gasteiger partial charge is 0.159 e. The zero-order valence-electron chi connectivity index (χ0n) is 14.6. The molecule has 2 heterocycles. The minimum absolute atomic E-state index is 0.317. The number of aryl methyl sites for hydroxylation is 1. The Morgan fingerprint density at radius 3 is 2.44 bits per heavy atom. The molecule has 0 radical (unpaired) electrons. The van der Waals surface area contributed by atoms with Crippen molar-refractivity contribution in [1.29, 1.82) is 0 Å². The molecule has 0 spiro atoms. The second kappa shape index (κ2) is 6.96. The molecule has 3 nitrogen and oxygen atoms in total. The van der Waals surface area contributed by atoms with Gasteiger partial charge in [0, 0.05) is 24.2 Å². The summed E-state index contributed by atoms with van der Waals surface area (Å²) in [4.78, 5) is 0. The Morgan fingerprint density at radius 2 is 1.70 bits per heavy atom. The Labute approximate surface area is 154 Å². The number of hydrogen-bond donors (Lipinski definition) is 1. The lowest BCUT2D eigenvalue weighted by Crippen LogP contribution is -2.13. The first kappa shape index (κ1) is 17.4. The van der Waals surface area contributed by atoms with E-state index in [0.717, 1.165) is 17.8 Å². The molecule has 0 saturated heterocycles. The molecule has 4 rings (SSSR count). The van der Waals surface area contributed by atoms with E-state index < -0.39 is 17.5 Å². The van der Waals surface area contributed by atoms with Crippen LogP contribution in [0, 0.1) is 24.4 Å². The quantitative estimate of drug-likeness (QED) is 0.729. The van der Waals surface area contributed by atoms with Crippen LogP contribution in [-0.4, -0.2) is 16.7 Å². The van der Waals surface area contributed by atoms with Gasteiger partial charge in [0.25, 0.3) is 0 Å². The Bertz CT molecular complexity index is 1040. The lowest BCUT2D eigenvalue weighted by molar-refractivity contribution is 0.508. The van der Waals surface area contributed by atoms with Gasteiger partial charge in [0.1, 0.15) is 5.82 Å². The van der Waals surface area contributed by atoms with Crippen molar-refractivity contribution in [2.75, 3.05) is 6.54 Å². The zero-order valence-corrected chi connectivity index (χ0v) is 14.6. The predicted molar refractivity (Wildman–Crippen MR) is 97.3 cm³/mol. The third-order valence-corrected chi connectivity index (χ3v) is 4.59. The lowest BCUT2D eigenvalue weighted by Gasteiger charge is -2.15. The first-order chi connectivity index (χ1) is 13.0. The Balaban J connectivity index is 1.84. The van der Waals surface area contributed by atoms with Crippen molar-refractivity contribution < 1.29 is 13.2 Å². The van der Waals surface area contributed by atoms with Crippen molar-refractivity contribution in [3.8, 4) is 11.3 Å². The number of nitrogens with zero attached hydrogens (tertiary/aromatic N) is 2. The molecule has 3 aromatic rings. The van der Waals surface area contributed by atoms with Gasteiger partial charge in [0.05, 0.1) is 11.4 Å². The molecule has 0 unspecified atom stereocenters. The van der Waals surface area contributed by atoms with Gasteiger partial charge in [0.15, 0.2) is 11.6 Å². The number of halogens is 3. The van der Waals surface area contributed by atoms with Crippen molar-refractivity contribution in [1.82, 2.24) is 15.5 Å². The first-order valence-electron chi connectivity index (χ1n) is 8.53. The minimum atomic E-state index is -0.931. The summed E-state index contributed by atoms with van der Waals surface area (Å²) in [5.74, 6) is -2.24. The molecule has 136 valence electrons. The number of rotatable bonds is 2. The first-order valence-corrected chi connectivity index (χ1v) is 8.53. The standard InChI is InChI=1S/C21H16F3N3/c1-12-2-7-20(27-26-12)16-5-4-15-14(8-9-25-11-17(15)21(16)24)13-3-6-18(22)19(23)10-13/h2-8,10,25H,9,11H2,1H3. The van der Waals surface area contributed by atoms with Gasteiger partial charge >= 0.3 is 0 Å². The highest BCUT2D eigenvalue weighted by Gasteiger charge is 2.21. The molecule has 1 aliphatic heterocycles. The molecule has 0 aliphatic carbocycles. The number of hydrogen-bond acceptors (Lipinski definition) is 3. The van der Waals surface area contributed by atoms with Gasteiger partial charge in [-0.15, -0.1) is 0 Å². The summed E-state index contributed by atoms with van der Waals surface area (Å²) in [5.41, 5.74) is 3.82. The molecular weight excluding hydrogens is 351 g/mol. The van der Waals surface area contributed by atoms with Crippen molar-refractivity contribution in [2.24, 2.45) is 0 Å². The van der Waals surface area contributed by atoms with E-state index in [1.54, 1.807) is 24.3 Å². The SMILES string of the molecule is Cc1ccc(-c2ccc3c(c2F)CNCC=C3c2ccc(F)c(F)c2)nn1. The Morgan fingerprint density at radius 1 is 0.889 bits per heavy atom. The Hall–Kier alpha value is -2.99. The van der Waals surface area contributed by atoms with E-state index in [-0.39, 0.29) is 0 Å². The molecule has 0 saturated carbocycles. The maximum atomic E-state index is 15.3. The van der Waals surface area contributed by atoms with E-state index in [9.17, 15) is 8.78 Å². The van der Waals surface area contributed by atoms with Crippen LogP contribution < -0.4 is 5.32 Å². The number of benzene rings is 2. The maximum absolute atomic E-state index is 15.3. The van der Waals surface area contributed by atoms with Gasteiger partial charge in [-0.2, -0.15) is 10.2 Å². The summed E-state index contributed by atoms with van der Waals surface area (Å²) in [6.45, 7) is 2.62. The van der Waals surface area contributed by atoms with Crippen LogP contribution in [0.15, 0.2) is 48.5 Å². The number of nitrogens with one attached hydrogen (secondary N) is 1. The fourth-order valence-electron chi connectivity index (χ4n) is 3.21. The van der Waals surface area contributed by atoms with Crippen LogP contribution in [0.4, 0.5) is 13.2 Å². The normalized spacial score (nSPS) is 13.7. The third-order valence-electron chi connectivity index (χ3n) is 4.59. The van der Waals surface area contributed by atoms with Gasteiger partial charge in [-0.3, -0.25) is 0 Å². The Kier molecular flexibility index (Phi) is 4.49. The second-order valence-electron chi connectivity index (χ2n) is 6.39. The summed E-state index contributed by atoms with van der Waals surface area (Å²) in [7, 11) is 0. The van der Waals surface area contributed by atoms with E-state index in [4.69, 9.17) is 0 Å².